The molecule has 0 fully saturated rings. The Balaban J connectivity index is 1.82. The number of benzene rings is 3. The van der Waals surface area contributed by atoms with Crippen LogP contribution in [0.2, 0.25) is 0 Å². The summed E-state index contributed by atoms with van der Waals surface area (Å²) < 4.78 is 6.76. The van der Waals surface area contributed by atoms with Crippen LogP contribution in [0.25, 0.3) is 10.8 Å². The minimum atomic E-state index is -0.574. The third-order valence-corrected chi connectivity index (χ3v) is 6.50. The molecule has 0 aliphatic rings. The van der Waals surface area contributed by atoms with Gasteiger partial charge >= 0.3 is 0 Å². The van der Waals surface area contributed by atoms with Crippen LogP contribution in [0, 0.1) is 12.8 Å². The first-order valence-corrected chi connectivity index (χ1v) is 12.5. The highest BCUT2D eigenvalue weighted by Crippen LogP contribution is 2.33. The van der Waals surface area contributed by atoms with Crippen LogP contribution < -0.4 is 10.1 Å². The smallest absolute Gasteiger partial charge is 0.261 e. The maximum absolute atomic E-state index is 13.4. The fraction of sp³-hybridized carbons (Fsp3) is 0.357. The molecule has 5 nitrogen and oxygen atoms in total. The van der Waals surface area contributed by atoms with E-state index in [-0.39, 0.29) is 18.4 Å². The highest BCUT2D eigenvalue weighted by Gasteiger charge is 2.29. The number of hydrogen-bond acceptors (Lipinski definition) is 3. The summed E-state index contributed by atoms with van der Waals surface area (Å²) in [5.41, 5.74) is 2.09. The summed E-state index contributed by atoms with van der Waals surface area (Å²) in [4.78, 5) is 28.1. The van der Waals surface area contributed by atoms with Crippen LogP contribution in [0.5, 0.6) is 5.75 Å². The molecule has 0 radical (unpaired) electrons. The fourth-order valence-electron chi connectivity index (χ4n) is 3.90. The van der Waals surface area contributed by atoms with Crippen molar-refractivity contribution in [1.29, 1.82) is 0 Å². The van der Waals surface area contributed by atoms with Crippen molar-refractivity contribution in [3.8, 4) is 5.75 Å². The first-order chi connectivity index (χ1) is 16.3. The lowest BCUT2D eigenvalue weighted by Crippen LogP contribution is -2.50. The normalized spacial score (nSPS) is 11.9. The molecule has 3 rings (SSSR count). The number of fused-ring (bicyclic) bond motifs is 1. The van der Waals surface area contributed by atoms with Gasteiger partial charge in [0.15, 0.2) is 6.61 Å². The largest absolute Gasteiger partial charge is 0.483 e. The summed E-state index contributed by atoms with van der Waals surface area (Å²) in [6.07, 6.45) is 0.515. The predicted octanol–water partition coefficient (Wildman–Crippen LogP) is 5.87. The van der Waals surface area contributed by atoms with Crippen LogP contribution in [0.15, 0.2) is 65.1 Å². The number of nitrogens with zero attached hydrogens (tertiary/aromatic N) is 1. The van der Waals surface area contributed by atoms with Gasteiger partial charge in [-0.3, -0.25) is 9.59 Å². The average molecular weight is 525 g/mol. The number of aryl methyl sites for hydroxylation is 1. The van der Waals surface area contributed by atoms with Crippen LogP contribution in [-0.2, 0) is 16.1 Å². The van der Waals surface area contributed by atoms with Gasteiger partial charge in [-0.2, -0.15) is 0 Å². The van der Waals surface area contributed by atoms with E-state index in [4.69, 9.17) is 4.74 Å². The van der Waals surface area contributed by atoms with Gasteiger partial charge in [-0.25, -0.2) is 0 Å². The summed E-state index contributed by atoms with van der Waals surface area (Å²) in [7, 11) is 0. The van der Waals surface area contributed by atoms with Crippen molar-refractivity contribution in [3.05, 3.63) is 76.3 Å². The summed E-state index contributed by atoms with van der Waals surface area (Å²) in [6, 6.07) is 19.2. The van der Waals surface area contributed by atoms with Crippen molar-refractivity contribution in [2.75, 3.05) is 13.2 Å². The van der Waals surface area contributed by atoms with Crippen molar-refractivity contribution < 1.29 is 14.3 Å². The van der Waals surface area contributed by atoms with Gasteiger partial charge in [-0.1, -0.05) is 80.9 Å². The van der Waals surface area contributed by atoms with Crippen LogP contribution in [0.4, 0.5) is 0 Å². The SMILES string of the molecule is CCC(C(=O)NCC(C)C)N(Cc1cccc(C)c1)C(=O)COc1ccc2ccccc2c1Br. The van der Waals surface area contributed by atoms with E-state index < -0.39 is 6.04 Å². The summed E-state index contributed by atoms with van der Waals surface area (Å²) in [5.74, 6) is 0.563. The number of halogens is 1. The molecular formula is C28H33BrN2O3. The molecule has 2 amide bonds. The Morgan fingerprint density at radius 1 is 1.06 bits per heavy atom. The second-order valence-corrected chi connectivity index (χ2v) is 9.75. The van der Waals surface area contributed by atoms with Gasteiger partial charge in [-0.05, 0) is 57.6 Å². The maximum atomic E-state index is 13.4. The topological polar surface area (TPSA) is 58.6 Å². The van der Waals surface area contributed by atoms with Gasteiger partial charge in [-0.15, -0.1) is 0 Å². The van der Waals surface area contributed by atoms with Gasteiger partial charge < -0.3 is 15.0 Å². The van der Waals surface area contributed by atoms with E-state index in [0.29, 0.717) is 31.2 Å². The third-order valence-electron chi connectivity index (χ3n) is 5.68. The van der Waals surface area contributed by atoms with Crippen molar-refractivity contribution in [1.82, 2.24) is 10.2 Å². The Morgan fingerprint density at radius 2 is 1.82 bits per heavy atom. The molecule has 1 atom stereocenters. The first-order valence-electron chi connectivity index (χ1n) is 11.7. The molecule has 0 aliphatic carbocycles. The van der Waals surface area contributed by atoms with Gasteiger partial charge in [0.1, 0.15) is 11.8 Å². The van der Waals surface area contributed by atoms with Crippen molar-refractivity contribution in [2.24, 2.45) is 5.92 Å². The van der Waals surface area contributed by atoms with Crippen LogP contribution in [0.1, 0.15) is 38.3 Å². The highest BCUT2D eigenvalue weighted by atomic mass is 79.9. The average Bonchev–Trinajstić information content (AvgIpc) is 2.82. The van der Waals surface area contributed by atoms with Crippen molar-refractivity contribution >= 4 is 38.5 Å². The minimum Gasteiger partial charge on any atom is -0.483 e. The molecule has 0 bridgehead atoms. The summed E-state index contributed by atoms with van der Waals surface area (Å²) in [5, 5.41) is 5.09. The molecule has 1 N–H and O–H groups in total. The van der Waals surface area contributed by atoms with Gasteiger partial charge in [0.2, 0.25) is 5.91 Å². The van der Waals surface area contributed by atoms with Crippen molar-refractivity contribution in [2.45, 2.75) is 46.7 Å². The lowest BCUT2D eigenvalue weighted by molar-refractivity contribution is -0.143. The first kappa shape index (κ1) is 25.8. The number of carbonyl (C=O) groups is 2. The molecule has 6 heteroatoms. The Labute approximate surface area is 210 Å². The van der Waals surface area contributed by atoms with E-state index in [0.717, 1.165) is 26.4 Å². The number of hydrogen-bond donors (Lipinski definition) is 1. The quantitative estimate of drug-likeness (QED) is 0.360. The van der Waals surface area contributed by atoms with Crippen molar-refractivity contribution in [3.63, 3.8) is 0 Å². The van der Waals surface area contributed by atoms with E-state index in [1.807, 2.05) is 88.4 Å². The molecular weight excluding hydrogens is 492 g/mol. The molecule has 34 heavy (non-hydrogen) atoms. The second-order valence-electron chi connectivity index (χ2n) is 8.96. The molecule has 0 heterocycles. The zero-order valence-electron chi connectivity index (χ0n) is 20.3. The maximum Gasteiger partial charge on any atom is 0.261 e. The molecule has 0 aromatic heterocycles. The van der Waals surface area contributed by atoms with E-state index in [9.17, 15) is 9.59 Å². The lowest BCUT2D eigenvalue weighted by Gasteiger charge is -2.31. The molecule has 0 saturated carbocycles. The Kier molecular flexibility index (Phi) is 9.11. The second kappa shape index (κ2) is 12.0. The van der Waals surface area contributed by atoms with E-state index >= 15 is 0 Å². The Bertz CT molecular complexity index is 1150. The summed E-state index contributed by atoms with van der Waals surface area (Å²) >= 11 is 3.62. The molecule has 0 spiro atoms. The Hall–Kier alpha value is -2.86. The molecule has 1 unspecified atom stereocenters. The number of nitrogens with one attached hydrogen (secondary N) is 1. The molecule has 180 valence electrons. The number of carbonyl (C=O) groups excluding carboxylic acids is 2. The van der Waals surface area contributed by atoms with Gasteiger partial charge in [0.25, 0.3) is 5.91 Å². The minimum absolute atomic E-state index is 0.135. The van der Waals surface area contributed by atoms with Gasteiger partial charge in [0.05, 0.1) is 4.47 Å². The highest BCUT2D eigenvalue weighted by molar-refractivity contribution is 9.10. The number of amides is 2. The zero-order valence-corrected chi connectivity index (χ0v) is 21.9. The number of ether oxygens (including phenoxy) is 1. The van der Waals surface area contributed by atoms with E-state index in [1.54, 1.807) is 4.90 Å². The standard InChI is InChI=1S/C28H33BrN2O3/c1-5-24(28(33)30-16-19(2)3)31(17-21-10-8-9-20(4)15-21)26(32)18-34-25-14-13-22-11-6-7-12-23(22)27(25)29/h6-15,19,24H,5,16-18H2,1-4H3,(H,30,33). The molecule has 0 saturated heterocycles. The lowest BCUT2D eigenvalue weighted by atomic mass is 10.1. The van der Waals surface area contributed by atoms with E-state index in [2.05, 4.69) is 21.2 Å². The number of rotatable bonds is 10. The van der Waals surface area contributed by atoms with Gasteiger partial charge in [0, 0.05) is 13.1 Å². The van der Waals surface area contributed by atoms with Crippen LogP contribution in [-0.4, -0.2) is 35.9 Å². The molecule has 3 aromatic carbocycles. The summed E-state index contributed by atoms with van der Waals surface area (Å²) in [6.45, 7) is 8.80. The van der Waals surface area contributed by atoms with Crippen LogP contribution >= 0.6 is 15.9 Å². The zero-order chi connectivity index (χ0) is 24.7. The monoisotopic (exact) mass is 524 g/mol. The fourth-order valence-corrected chi connectivity index (χ4v) is 4.50. The van der Waals surface area contributed by atoms with E-state index in [1.165, 1.54) is 0 Å². The Morgan fingerprint density at radius 3 is 2.53 bits per heavy atom. The molecule has 0 aliphatic heterocycles. The third kappa shape index (κ3) is 6.60. The predicted molar refractivity (Wildman–Crippen MR) is 141 cm³/mol. The molecule has 3 aromatic rings. The van der Waals surface area contributed by atoms with Crippen LogP contribution in [0.3, 0.4) is 0 Å².